The van der Waals surface area contributed by atoms with Crippen molar-refractivity contribution >= 4 is 26.7 Å². The van der Waals surface area contributed by atoms with Gasteiger partial charge in [0.25, 0.3) is 11.5 Å². The molecule has 2 saturated heterocycles. The van der Waals surface area contributed by atoms with Gasteiger partial charge < -0.3 is 5.32 Å². The third-order valence-corrected chi connectivity index (χ3v) is 12.6. The number of hydrogen-bond donors (Lipinski definition) is 1. The predicted molar refractivity (Wildman–Crippen MR) is 178 cm³/mol. The molecule has 47 heavy (non-hydrogen) atoms. The van der Waals surface area contributed by atoms with Gasteiger partial charge in [0.2, 0.25) is 0 Å². The number of piperidine rings is 1. The van der Waals surface area contributed by atoms with Crippen LogP contribution in [0.25, 0.3) is 11.0 Å². The highest BCUT2D eigenvalue weighted by molar-refractivity contribution is 7.91. The Labute approximate surface area is 275 Å². The lowest BCUT2D eigenvalue weighted by Crippen LogP contribution is -2.48. The molecule has 0 aliphatic carbocycles. The predicted octanol–water partition coefficient (Wildman–Crippen LogP) is 6.94. The quantitative estimate of drug-likeness (QED) is 0.299. The van der Waals surface area contributed by atoms with E-state index in [-0.39, 0.29) is 40.6 Å². The smallest absolute Gasteiger partial charge is 0.278 e. The monoisotopic (exact) mass is 673 g/mol. The number of nitrogens with zero attached hydrogens (tertiary/aromatic N) is 4. The molecule has 2 fully saturated rings. The normalized spacial score (nSPS) is 28.9. The Hall–Kier alpha value is -2.99. The van der Waals surface area contributed by atoms with Crippen molar-refractivity contribution in [1.82, 2.24) is 19.4 Å². The van der Waals surface area contributed by atoms with Gasteiger partial charge in [-0.25, -0.2) is 31.6 Å². The van der Waals surface area contributed by atoms with E-state index in [2.05, 4.69) is 27.1 Å². The first kappa shape index (κ1) is 33.9. The molecule has 2 aromatic heterocycles. The molecule has 4 aliphatic heterocycles. The summed E-state index contributed by atoms with van der Waals surface area (Å²) >= 11 is 0. The Bertz CT molecular complexity index is 1770. The van der Waals surface area contributed by atoms with Gasteiger partial charge in [-0.15, -0.1) is 0 Å². The van der Waals surface area contributed by atoms with Crippen molar-refractivity contribution < 1.29 is 21.6 Å². The molecule has 8 bridgehead atoms. The molecule has 1 N–H and O–H groups in total. The Morgan fingerprint density at radius 1 is 0.915 bits per heavy atom. The number of pyridine rings is 1. The minimum Gasteiger partial charge on any atom is -0.363 e. The first-order valence-corrected chi connectivity index (χ1v) is 19.0. The maximum absolute atomic E-state index is 16.1. The zero-order valence-electron chi connectivity index (χ0n) is 27.5. The van der Waals surface area contributed by atoms with E-state index in [9.17, 15) is 13.2 Å². The molecular formula is C35H46F3N5O3S. The van der Waals surface area contributed by atoms with E-state index < -0.39 is 39.1 Å². The SMILES string of the molecule is CC1CCCCCCn2c(=O)c(C3CCS(=O)(=O)CC3)cc3c(ncnc32)N[C@H](C)c2cccc(c2F)C(F)(F)C2CCN1C(C)C2. The van der Waals surface area contributed by atoms with Crippen molar-refractivity contribution in [3.05, 3.63) is 63.5 Å². The van der Waals surface area contributed by atoms with E-state index in [0.717, 1.165) is 32.1 Å². The molecule has 4 aliphatic rings. The van der Waals surface area contributed by atoms with Crippen molar-refractivity contribution in [2.24, 2.45) is 5.92 Å². The fourth-order valence-electron chi connectivity index (χ4n) is 8.07. The van der Waals surface area contributed by atoms with Gasteiger partial charge >= 0.3 is 0 Å². The Kier molecular flexibility index (Phi) is 9.73. The molecule has 7 rings (SSSR count). The summed E-state index contributed by atoms with van der Waals surface area (Å²) in [7, 11) is -3.14. The van der Waals surface area contributed by atoms with Crippen LogP contribution in [0.4, 0.5) is 19.0 Å². The van der Waals surface area contributed by atoms with Crippen molar-refractivity contribution in [3.63, 3.8) is 0 Å². The summed E-state index contributed by atoms with van der Waals surface area (Å²) in [6.07, 6.45) is 7.27. The van der Waals surface area contributed by atoms with Crippen LogP contribution in [0.15, 0.2) is 35.4 Å². The number of sulfone groups is 1. The van der Waals surface area contributed by atoms with Gasteiger partial charge in [-0.1, -0.05) is 37.5 Å². The molecular weight excluding hydrogens is 627 g/mol. The fraction of sp³-hybridized carbons (Fsp3) is 0.629. The highest BCUT2D eigenvalue weighted by Gasteiger charge is 2.47. The van der Waals surface area contributed by atoms with Crippen LogP contribution in [-0.2, 0) is 22.3 Å². The number of benzene rings is 1. The van der Waals surface area contributed by atoms with Crippen LogP contribution < -0.4 is 10.9 Å². The summed E-state index contributed by atoms with van der Waals surface area (Å²) < 4.78 is 74.4. The summed E-state index contributed by atoms with van der Waals surface area (Å²) in [5.74, 6) is -5.03. The number of anilines is 1. The van der Waals surface area contributed by atoms with Gasteiger partial charge in [-0.05, 0) is 77.8 Å². The molecule has 0 amide bonds. The van der Waals surface area contributed by atoms with Crippen molar-refractivity contribution in [1.29, 1.82) is 0 Å². The van der Waals surface area contributed by atoms with Crippen LogP contribution in [0.3, 0.4) is 0 Å². The number of nitrogens with one attached hydrogen (secondary N) is 1. The molecule has 256 valence electrons. The molecule has 0 spiro atoms. The highest BCUT2D eigenvalue weighted by atomic mass is 32.2. The zero-order valence-corrected chi connectivity index (χ0v) is 28.3. The summed E-state index contributed by atoms with van der Waals surface area (Å²) in [4.78, 5) is 25.2. The Morgan fingerprint density at radius 2 is 1.66 bits per heavy atom. The molecule has 12 heteroatoms. The van der Waals surface area contributed by atoms with Crippen LogP contribution in [-0.4, -0.2) is 58.0 Å². The van der Waals surface area contributed by atoms with E-state index >= 15 is 13.2 Å². The van der Waals surface area contributed by atoms with Crippen LogP contribution in [0.2, 0.25) is 0 Å². The van der Waals surface area contributed by atoms with E-state index in [1.165, 1.54) is 24.5 Å². The van der Waals surface area contributed by atoms with Crippen LogP contribution in [0.5, 0.6) is 0 Å². The molecule has 4 unspecified atom stereocenters. The summed E-state index contributed by atoms with van der Waals surface area (Å²) in [6.45, 7) is 6.87. The molecule has 6 heterocycles. The number of alkyl halides is 2. The summed E-state index contributed by atoms with van der Waals surface area (Å²) in [6, 6.07) is 5.43. The second-order valence-electron chi connectivity index (χ2n) is 14.0. The van der Waals surface area contributed by atoms with Crippen LogP contribution in [0, 0.1) is 11.7 Å². The molecule has 0 saturated carbocycles. The van der Waals surface area contributed by atoms with E-state index in [4.69, 9.17) is 0 Å². The molecule has 5 atom stereocenters. The van der Waals surface area contributed by atoms with Gasteiger partial charge in [0.1, 0.15) is 33.4 Å². The number of halogens is 3. The van der Waals surface area contributed by atoms with Gasteiger partial charge in [0.05, 0.1) is 28.5 Å². The lowest BCUT2D eigenvalue weighted by atomic mass is 9.82. The number of fused-ring (bicyclic) bond motifs is 9. The topological polar surface area (TPSA) is 97.2 Å². The van der Waals surface area contributed by atoms with Crippen molar-refractivity contribution in [2.45, 2.75) is 115 Å². The van der Waals surface area contributed by atoms with E-state index in [1.807, 2.05) is 6.92 Å². The molecule has 0 radical (unpaired) electrons. The van der Waals surface area contributed by atoms with Gasteiger partial charge in [-0.2, -0.15) is 0 Å². The summed E-state index contributed by atoms with van der Waals surface area (Å²) in [5.41, 5.74) is 0.307. The average Bonchev–Trinajstić information content (AvgIpc) is 3.03. The first-order chi connectivity index (χ1) is 22.4. The van der Waals surface area contributed by atoms with Crippen molar-refractivity contribution in [2.75, 3.05) is 23.4 Å². The van der Waals surface area contributed by atoms with Crippen molar-refractivity contribution in [3.8, 4) is 0 Å². The number of aromatic nitrogens is 3. The Balaban J connectivity index is 1.42. The standard InChI is InChI=1S/C35H46F3N5O3S/c1-22-9-6-4-5-7-15-43-33-29(20-28(34(43)44)25-13-17-47(45,46)18-14-25)32(39-21-40-33)41-24(3)27-10-8-11-30(31(27)36)35(37,38)26-12-16-42(22)23(2)19-26/h8,10-11,20-26H,4-7,9,12-19H2,1-3H3,(H,39,40,41)/t22?,23?,24-,26?/m1/s1. The summed E-state index contributed by atoms with van der Waals surface area (Å²) in [5, 5.41) is 3.80. The maximum Gasteiger partial charge on any atom is 0.278 e. The van der Waals surface area contributed by atoms with Crippen LogP contribution in [0.1, 0.15) is 107 Å². The second kappa shape index (κ2) is 13.5. The lowest BCUT2D eigenvalue weighted by Gasteiger charge is -2.43. The Morgan fingerprint density at radius 3 is 2.40 bits per heavy atom. The second-order valence-corrected chi connectivity index (χ2v) is 16.3. The number of aryl methyl sites for hydroxylation is 1. The minimum absolute atomic E-state index is 0.0261. The van der Waals surface area contributed by atoms with Gasteiger partial charge in [0.15, 0.2) is 0 Å². The largest absolute Gasteiger partial charge is 0.363 e. The highest BCUT2D eigenvalue weighted by Crippen LogP contribution is 2.45. The third kappa shape index (κ3) is 6.82. The first-order valence-electron chi connectivity index (χ1n) is 17.1. The van der Waals surface area contributed by atoms with E-state index in [1.54, 1.807) is 17.6 Å². The van der Waals surface area contributed by atoms with Gasteiger partial charge in [0, 0.05) is 35.7 Å². The zero-order chi connectivity index (χ0) is 33.5. The number of rotatable bonds is 1. The number of hydrogen-bond acceptors (Lipinski definition) is 7. The minimum atomic E-state index is -3.33. The molecule has 3 aromatic rings. The van der Waals surface area contributed by atoms with Crippen LogP contribution >= 0.6 is 0 Å². The fourth-order valence-corrected chi connectivity index (χ4v) is 9.56. The third-order valence-electron chi connectivity index (χ3n) is 10.9. The molecule has 8 nitrogen and oxygen atoms in total. The van der Waals surface area contributed by atoms with Gasteiger partial charge in [-0.3, -0.25) is 14.3 Å². The average molecular weight is 674 g/mol. The van der Waals surface area contributed by atoms with E-state index in [0.29, 0.717) is 61.2 Å². The maximum atomic E-state index is 16.1. The lowest BCUT2D eigenvalue weighted by molar-refractivity contribution is -0.100. The molecule has 1 aromatic carbocycles.